The monoisotopic (exact) mass is 529 g/mol. The molecule has 1 amide bonds. The highest BCUT2D eigenvalue weighted by Crippen LogP contribution is 2.45. The zero-order chi connectivity index (χ0) is 27.2. The quantitative estimate of drug-likeness (QED) is 0.411. The highest BCUT2D eigenvalue weighted by atomic mass is 32.2. The standard InChI is InChI=1S/C24H26F3NO7S/c1-13-16-12-28(11-15-9-7-6-8-10-15)21(29)17(16)14(2)18(20(22(30)31)34-23(3,4)5)19(13)35-36(32,33)24(25,26)27/h6-10,20H,11-12H2,1-5H3,(H,30,31). The molecule has 0 fully saturated rings. The first-order valence-corrected chi connectivity index (χ1v) is 12.3. The average Bonchev–Trinajstić information content (AvgIpc) is 3.06. The van der Waals surface area contributed by atoms with E-state index in [1.807, 2.05) is 0 Å². The Kier molecular flexibility index (Phi) is 7.17. The molecule has 0 aliphatic carbocycles. The Labute approximate surface area is 206 Å². The molecule has 0 radical (unpaired) electrons. The van der Waals surface area contributed by atoms with Gasteiger partial charge in [0.15, 0.2) is 11.9 Å². The molecular weight excluding hydrogens is 503 g/mol. The van der Waals surface area contributed by atoms with Gasteiger partial charge in [0.25, 0.3) is 5.91 Å². The predicted octanol–water partition coefficient (Wildman–Crippen LogP) is 4.63. The Morgan fingerprint density at radius 3 is 2.19 bits per heavy atom. The van der Waals surface area contributed by atoms with Gasteiger partial charge in [-0.25, -0.2) is 4.79 Å². The molecule has 1 aliphatic heterocycles. The molecule has 1 N–H and O–H groups in total. The van der Waals surface area contributed by atoms with E-state index in [0.29, 0.717) is 0 Å². The van der Waals surface area contributed by atoms with E-state index < -0.39 is 50.5 Å². The van der Waals surface area contributed by atoms with Gasteiger partial charge in [-0.2, -0.15) is 21.6 Å². The SMILES string of the molecule is Cc1c2c(c(C)c(C(OC(C)(C)C)C(=O)O)c1OS(=O)(=O)C(F)(F)F)C(=O)N(Cc1ccccc1)C2. The number of hydrogen-bond donors (Lipinski definition) is 1. The minimum absolute atomic E-state index is 0.0276. The number of carboxylic acids is 1. The second kappa shape index (κ2) is 9.40. The fraction of sp³-hybridized carbons (Fsp3) is 0.417. The van der Waals surface area contributed by atoms with Crippen molar-refractivity contribution in [3.8, 4) is 5.75 Å². The van der Waals surface area contributed by atoms with E-state index in [2.05, 4.69) is 4.18 Å². The smallest absolute Gasteiger partial charge is 0.479 e. The summed E-state index contributed by atoms with van der Waals surface area (Å²) in [5, 5.41) is 9.90. The van der Waals surface area contributed by atoms with Crippen molar-refractivity contribution in [3.63, 3.8) is 0 Å². The number of benzene rings is 2. The van der Waals surface area contributed by atoms with Gasteiger partial charge in [-0.05, 0) is 56.9 Å². The zero-order valence-electron chi connectivity index (χ0n) is 20.3. The number of carbonyl (C=O) groups is 2. The van der Waals surface area contributed by atoms with Crippen molar-refractivity contribution < 1.29 is 45.2 Å². The molecule has 0 aromatic heterocycles. The van der Waals surface area contributed by atoms with Crippen LogP contribution in [0.25, 0.3) is 0 Å². The molecule has 2 aromatic rings. The maximum absolute atomic E-state index is 13.4. The van der Waals surface area contributed by atoms with Gasteiger partial charge in [0, 0.05) is 24.2 Å². The summed E-state index contributed by atoms with van der Waals surface area (Å²) in [4.78, 5) is 27.0. The molecule has 1 unspecified atom stereocenters. The first-order chi connectivity index (χ1) is 16.4. The molecule has 8 nitrogen and oxygen atoms in total. The average molecular weight is 530 g/mol. The van der Waals surface area contributed by atoms with E-state index in [4.69, 9.17) is 4.74 Å². The normalized spacial score (nSPS) is 15.1. The number of fused-ring (bicyclic) bond motifs is 1. The molecule has 0 spiro atoms. The van der Waals surface area contributed by atoms with Crippen molar-refractivity contribution in [2.24, 2.45) is 0 Å². The fourth-order valence-corrected chi connectivity index (χ4v) is 4.59. The molecule has 196 valence electrons. The van der Waals surface area contributed by atoms with E-state index in [-0.39, 0.29) is 35.3 Å². The maximum atomic E-state index is 13.4. The lowest BCUT2D eigenvalue weighted by Crippen LogP contribution is -2.32. The van der Waals surface area contributed by atoms with Crippen LogP contribution in [0.5, 0.6) is 5.75 Å². The first kappa shape index (κ1) is 27.5. The number of aliphatic carboxylic acids is 1. The van der Waals surface area contributed by atoms with Crippen LogP contribution in [-0.4, -0.2) is 41.4 Å². The topological polar surface area (TPSA) is 110 Å². The van der Waals surface area contributed by atoms with Crippen molar-refractivity contribution in [1.82, 2.24) is 4.90 Å². The van der Waals surface area contributed by atoms with Crippen LogP contribution in [0, 0.1) is 13.8 Å². The number of hydrogen-bond acceptors (Lipinski definition) is 6. The minimum Gasteiger partial charge on any atom is -0.479 e. The lowest BCUT2D eigenvalue weighted by molar-refractivity contribution is -0.160. The molecular formula is C24H26F3NO7S. The van der Waals surface area contributed by atoms with Crippen LogP contribution in [0.3, 0.4) is 0 Å². The zero-order valence-corrected chi connectivity index (χ0v) is 21.1. The number of nitrogens with zero attached hydrogens (tertiary/aromatic N) is 1. The molecule has 1 heterocycles. The fourth-order valence-electron chi connectivity index (χ4n) is 4.06. The van der Waals surface area contributed by atoms with Gasteiger partial charge < -0.3 is 18.9 Å². The van der Waals surface area contributed by atoms with Gasteiger partial charge in [-0.3, -0.25) is 4.79 Å². The molecule has 1 atom stereocenters. The Hall–Kier alpha value is -3.12. The second-order valence-corrected chi connectivity index (χ2v) is 11.0. The number of alkyl halides is 3. The highest BCUT2D eigenvalue weighted by molar-refractivity contribution is 7.88. The molecule has 36 heavy (non-hydrogen) atoms. The van der Waals surface area contributed by atoms with Crippen LogP contribution in [-0.2, 0) is 32.7 Å². The lowest BCUT2D eigenvalue weighted by Gasteiger charge is -2.29. The van der Waals surface area contributed by atoms with Crippen molar-refractivity contribution >= 4 is 22.0 Å². The summed E-state index contributed by atoms with van der Waals surface area (Å²) >= 11 is 0. The van der Waals surface area contributed by atoms with Gasteiger partial charge in [-0.1, -0.05) is 30.3 Å². The summed E-state index contributed by atoms with van der Waals surface area (Å²) in [5.41, 5.74) is -6.30. The van der Waals surface area contributed by atoms with Gasteiger partial charge in [0.2, 0.25) is 0 Å². The third-order valence-corrected chi connectivity index (χ3v) is 6.57. The molecule has 3 rings (SSSR count). The Balaban J connectivity index is 2.25. The van der Waals surface area contributed by atoms with Crippen LogP contribution in [0.2, 0.25) is 0 Å². The van der Waals surface area contributed by atoms with E-state index in [0.717, 1.165) is 5.56 Å². The van der Waals surface area contributed by atoms with Crippen LogP contribution < -0.4 is 4.18 Å². The molecule has 1 aliphatic rings. The van der Waals surface area contributed by atoms with Crippen LogP contribution in [0.1, 0.15) is 65.1 Å². The summed E-state index contributed by atoms with van der Waals surface area (Å²) in [6, 6.07) is 8.96. The van der Waals surface area contributed by atoms with Gasteiger partial charge in [0.1, 0.15) is 0 Å². The largest absolute Gasteiger partial charge is 0.534 e. The van der Waals surface area contributed by atoms with Crippen LogP contribution >= 0.6 is 0 Å². The lowest BCUT2D eigenvalue weighted by atomic mass is 9.90. The minimum atomic E-state index is -6.16. The summed E-state index contributed by atoms with van der Waals surface area (Å²) in [6.07, 6.45) is -1.91. The van der Waals surface area contributed by atoms with E-state index in [9.17, 15) is 36.3 Å². The summed E-state index contributed by atoms with van der Waals surface area (Å²) in [7, 11) is -6.16. The predicted molar refractivity (Wildman–Crippen MR) is 123 cm³/mol. The van der Waals surface area contributed by atoms with Gasteiger partial charge in [0.05, 0.1) is 5.60 Å². The number of ether oxygens (including phenoxy) is 1. The van der Waals surface area contributed by atoms with Crippen LogP contribution in [0.15, 0.2) is 30.3 Å². The number of rotatable bonds is 7. The van der Waals surface area contributed by atoms with E-state index in [1.54, 1.807) is 30.3 Å². The Morgan fingerprint density at radius 1 is 1.11 bits per heavy atom. The molecule has 0 saturated carbocycles. The third-order valence-electron chi connectivity index (χ3n) is 5.62. The molecule has 0 saturated heterocycles. The number of halogens is 3. The van der Waals surface area contributed by atoms with Crippen LogP contribution in [0.4, 0.5) is 13.2 Å². The molecule has 12 heteroatoms. The van der Waals surface area contributed by atoms with Crippen molar-refractivity contribution in [2.75, 3.05) is 0 Å². The van der Waals surface area contributed by atoms with Crippen molar-refractivity contribution in [3.05, 3.63) is 63.7 Å². The number of carboxylic acid groups (broad SMARTS) is 1. The van der Waals surface area contributed by atoms with E-state index in [1.165, 1.54) is 39.5 Å². The van der Waals surface area contributed by atoms with E-state index >= 15 is 0 Å². The van der Waals surface area contributed by atoms with Crippen molar-refractivity contribution in [1.29, 1.82) is 0 Å². The molecule has 0 bridgehead atoms. The summed E-state index contributed by atoms with van der Waals surface area (Å²) in [6.45, 7) is 7.36. The summed E-state index contributed by atoms with van der Waals surface area (Å²) < 4.78 is 73.8. The van der Waals surface area contributed by atoms with Gasteiger partial charge >= 0.3 is 21.6 Å². The maximum Gasteiger partial charge on any atom is 0.534 e. The summed E-state index contributed by atoms with van der Waals surface area (Å²) in [5.74, 6) is -2.87. The van der Waals surface area contributed by atoms with Crippen molar-refractivity contribution in [2.45, 2.75) is 64.9 Å². The van der Waals surface area contributed by atoms with Gasteiger partial charge in [-0.15, -0.1) is 0 Å². The number of amides is 1. The molecule has 2 aromatic carbocycles. The third kappa shape index (κ3) is 5.34. The highest BCUT2D eigenvalue weighted by Gasteiger charge is 2.50. The Bertz CT molecular complexity index is 1300. The number of carbonyl (C=O) groups excluding carboxylic acids is 1. The Morgan fingerprint density at radius 2 is 1.69 bits per heavy atom. The second-order valence-electron chi connectivity index (χ2n) is 9.42. The first-order valence-electron chi connectivity index (χ1n) is 10.8.